The number of rotatable bonds is 41. The molecule has 21 heteroatoms. The summed E-state index contributed by atoms with van der Waals surface area (Å²) in [5.74, 6) is -0.720. The van der Waals surface area contributed by atoms with Gasteiger partial charge in [-0.15, -0.1) is 11.8 Å². The molecule has 0 aliphatic carbocycles. The molecule has 20 atom stereocenters. The second-order valence-electron chi connectivity index (χ2n) is 31.9. The van der Waals surface area contributed by atoms with Crippen molar-refractivity contribution in [2.45, 2.75) is 209 Å². The van der Waals surface area contributed by atoms with Crippen molar-refractivity contribution in [2.75, 3.05) is 19.0 Å². The molecule has 0 radical (unpaired) electrons. The first kappa shape index (κ1) is 88.7. The number of thioether (sulfide) groups is 1. The Hall–Kier alpha value is -9.77. The summed E-state index contributed by atoms with van der Waals surface area (Å²) in [5, 5.41) is 0. The van der Waals surface area contributed by atoms with Crippen molar-refractivity contribution in [3.63, 3.8) is 0 Å². The molecule has 5 heterocycles. The van der Waals surface area contributed by atoms with Crippen molar-refractivity contribution in [2.24, 2.45) is 0 Å². The van der Waals surface area contributed by atoms with Crippen LogP contribution in [0, 0.1) is 0 Å². The summed E-state index contributed by atoms with van der Waals surface area (Å²) in [6.07, 6.45) is -20.2. The van der Waals surface area contributed by atoms with Crippen LogP contribution >= 0.6 is 11.8 Å². The highest BCUT2D eigenvalue weighted by Crippen LogP contribution is 2.45. The number of benzene rings is 11. The fraction of sp³-hybridized carbons (Fsp3) is 0.346. The standard InChI is InChI=1S/C104H109NO19S/c1-4-125-104-87(105-99(106)83-57-35-36-58-84(83)100(105)107)92(91(86(121-104)70-109-60-74-39-17-6-18-40-74)122-101-96(116-67-81-53-31-13-32-54-81)93(113-64-78-47-25-10-26-48-78)88(71(2)118-101)110-61-75-41-19-7-20-42-75)123-103-98(95(115-66-80-51-29-12-30-52-80)90(112-63-77-45-23-9-24-46-77)85(120-103)69-108-59-73-37-15-5-16-38-73)124-102-97(117-68-82-55-33-14-34-56-82)94(114-65-79-49-27-11-28-50-79)89(72(3)119-102)111-62-76-43-21-8-22-44-76/h5-58,71-72,85-98,101-104H,4,59-70H2,1-3H3/t71-,72-,85+,86+,87+,88+,89+,90-,91+,92+,93+,94+,95-,96-,97-,98+,101-,102-,103-,104-/m0/s1. The average molecular weight is 1710 g/mol. The van der Waals surface area contributed by atoms with Crippen molar-refractivity contribution < 1.29 is 90.1 Å². The van der Waals surface area contributed by atoms with Gasteiger partial charge in [0.1, 0.15) is 90.8 Å². The first-order valence-corrected chi connectivity index (χ1v) is 44.3. The predicted octanol–water partition coefficient (Wildman–Crippen LogP) is 17.6. The third kappa shape index (κ3) is 23.4. The maximum Gasteiger partial charge on any atom is 0.262 e. The van der Waals surface area contributed by atoms with E-state index >= 15 is 9.59 Å². The third-order valence-corrected chi connectivity index (χ3v) is 24.1. The minimum atomic E-state index is -1.64. The van der Waals surface area contributed by atoms with E-state index in [1.54, 1.807) is 24.3 Å². The van der Waals surface area contributed by atoms with Crippen molar-refractivity contribution in [1.29, 1.82) is 0 Å². The molecule has 0 spiro atoms. The second kappa shape index (κ2) is 45.1. The van der Waals surface area contributed by atoms with Gasteiger partial charge in [-0.1, -0.05) is 322 Å². The summed E-state index contributed by atoms with van der Waals surface area (Å²) in [6, 6.07) is 105. The van der Waals surface area contributed by atoms with Gasteiger partial charge in [0.25, 0.3) is 11.8 Å². The smallest absolute Gasteiger partial charge is 0.262 e. The van der Waals surface area contributed by atoms with Crippen LogP contribution in [0.25, 0.3) is 0 Å². The molecule has 2 amide bonds. The fourth-order valence-electron chi connectivity index (χ4n) is 16.7. The normalized spacial score (nSPS) is 26.8. The molecule has 4 saturated heterocycles. The van der Waals surface area contributed by atoms with Crippen LogP contribution in [0.15, 0.2) is 328 Å². The van der Waals surface area contributed by atoms with Gasteiger partial charge in [-0.25, -0.2) is 0 Å². The molecular weight excluding hydrogens is 1600 g/mol. The highest BCUT2D eigenvalue weighted by molar-refractivity contribution is 7.99. The second-order valence-corrected chi connectivity index (χ2v) is 33.2. The van der Waals surface area contributed by atoms with Crippen LogP contribution in [0.5, 0.6) is 0 Å². The number of nitrogens with zero attached hydrogens (tertiary/aromatic N) is 1. The summed E-state index contributed by atoms with van der Waals surface area (Å²) >= 11 is 1.40. The van der Waals surface area contributed by atoms with Crippen molar-refractivity contribution in [3.8, 4) is 0 Å². The topological polar surface area (TPSA) is 194 Å². The Balaban J connectivity index is 0.880. The number of hydrogen-bond acceptors (Lipinski definition) is 20. The summed E-state index contributed by atoms with van der Waals surface area (Å²) in [6.45, 7) is 6.99. The lowest BCUT2D eigenvalue weighted by Gasteiger charge is -2.53. The lowest BCUT2D eigenvalue weighted by Crippen LogP contribution is -2.70. The van der Waals surface area contributed by atoms with E-state index in [9.17, 15) is 0 Å². The molecule has 11 aromatic rings. The van der Waals surface area contributed by atoms with E-state index in [0.717, 1.165) is 55.6 Å². The first-order valence-electron chi connectivity index (χ1n) is 43.3. The van der Waals surface area contributed by atoms with E-state index in [1.807, 2.05) is 324 Å². The molecule has 0 aromatic heterocycles. The zero-order chi connectivity index (χ0) is 85.3. The lowest BCUT2D eigenvalue weighted by atomic mass is 9.93. The van der Waals surface area contributed by atoms with E-state index < -0.39 is 134 Å². The predicted molar refractivity (Wildman–Crippen MR) is 472 cm³/mol. The largest absolute Gasteiger partial charge is 0.374 e. The van der Waals surface area contributed by atoms with E-state index in [4.69, 9.17) is 80.5 Å². The summed E-state index contributed by atoms with van der Waals surface area (Å²) in [4.78, 5) is 33.5. The van der Waals surface area contributed by atoms with Crippen molar-refractivity contribution >= 4 is 23.6 Å². The number of amides is 2. The maximum absolute atomic E-state index is 16.1. The Labute approximate surface area is 736 Å². The van der Waals surface area contributed by atoms with Gasteiger partial charge in [-0.3, -0.25) is 14.5 Å². The summed E-state index contributed by atoms with van der Waals surface area (Å²) < 4.78 is 127. The first-order chi connectivity index (χ1) is 61.6. The Morgan fingerprint density at radius 2 is 0.512 bits per heavy atom. The highest BCUT2D eigenvalue weighted by Gasteiger charge is 2.61. The molecule has 125 heavy (non-hydrogen) atoms. The molecular formula is C104H109NO19S. The molecule has 0 bridgehead atoms. The molecule has 0 saturated carbocycles. The molecule has 20 nitrogen and oxygen atoms in total. The van der Waals surface area contributed by atoms with E-state index in [2.05, 4.69) is 0 Å². The lowest BCUT2D eigenvalue weighted by molar-refractivity contribution is -0.397. The Bertz CT molecular complexity index is 4980. The van der Waals surface area contributed by atoms with Gasteiger partial charge in [-0.05, 0) is 87.4 Å². The number of hydrogen-bond donors (Lipinski definition) is 0. The molecule has 11 aromatic carbocycles. The Morgan fingerprint density at radius 1 is 0.264 bits per heavy atom. The van der Waals surface area contributed by atoms with E-state index in [0.29, 0.717) is 5.75 Å². The minimum Gasteiger partial charge on any atom is -0.374 e. The van der Waals surface area contributed by atoms with Gasteiger partial charge < -0.3 is 80.5 Å². The van der Waals surface area contributed by atoms with Crippen LogP contribution < -0.4 is 0 Å². The maximum atomic E-state index is 16.1. The molecule has 4 fully saturated rings. The van der Waals surface area contributed by atoms with Crippen LogP contribution in [0.1, 0.15) is 97.1 Å². The zero-order valence-electron chi connectivity index (χ0n) is 70.5. The number of imide groups is 1. The van der Waals surface area contributed by atoms with Gasteiger partial charge in [0.15, 0.2) is 18.9 Å². The van der Waals surface area contributed by atoms with Crippen molar-refractivity contribution in [3.05, 3.63) is 394 Å². The van der Waals surface area contributed by atoms with E-state index in [1.165, 1.54) is 16.7 Å². The average Bonchev–Trinajstić information content (AvgIpc) is 1.57. The third-order valence-electron chi connectivity index (χ3n) is 23.1. The number of carbonyl (C=O) groups excluding carboxylic acids is 2. The minimum absolute atomic E-state index is 0.0246. The van der Waals surface area contributed by atoms with Gasteiger partial charge in [-0.2, -0.15) is 0 Å². The van der Waals surface area contributed by atoms with Crippen LogP contribution in [0.2, 0.25) is 0 Å². The summed E-state index contributed by atoms with van der Waals surface area (Å²) in [5.41, 5.74) is 8.25. The number of fused-ring (bicyclic) bond motifs is 1. The Kier molecular flexibility index (Phi) is 32.0. The van der Waals surface area contributed by atoms with E-state index in [-0.39, 0.29) is 90.4 Å². The van der Waals surface area contributed by atoms with Gasteiger partial charge in [0, 0.05) is 0 Å². The van der Waals surface area contributed by atoms with Gasteiger partial charge in [0.05, 0.1) is 103 Å². The van der Waals surface area contributed by atoms with Crippen LogP contribution in [-0.4, -0.2) is 158 Å². The quantitative estimate of drug-likeness (QED) is 0.0328. The highest BCUT2D eigenvalue weighted by atomic mass is 32.2. The molecule has 0 unspecified atom stereocenters. The molecule has 0 N–H and O–H groups in total. The molecule has 5 aliphatic heterocycles. The number of ether oxygens (including phenoxy) is 17. The van der Waals surface area contributed by atoms with Crippen LogP contribution in [-0.2, 0) is 147 Å². The molecule has 16 rings (SSSR count). The Morgan fingerprint density at radius 3 is 0.832 bits per heavy atom. The van der Waals surface area contributed by atoms with Gasteiger partial charge >= 0.3 is 0 Å². The fourth-order valence-corrected chi connectivity index (χ4v) is 17.8. The zero-order valence-corrected chi connectivity index (χ0v) is 71.3. The molecule has 650 valence electrons. The molecule has 5 aliphatic rings. The van der Waals surface area contributed by atoms with Crippen molar-refractivity contribution in [1.82, 2.24) is 4.90 Å². The monoisotopic (exact) mass is 1710 g/mol. The number of carbonyl (C=O) groups is 2. The SMILES string of the molecule is CCS[C@@H]1O[C@H](COCc2ccccc2)[C@@H](O[C@@H]2O[C@@H](C)[C@@H](OCc3ccccc3)[C@@H](OCc3ccccc3)[C@@H]2OCc2ccccc2)[C@H](O[C@@H]2O[C@H](COCc3ccccc3)[C@H](OCc3ccccc3)[C@H](OCc3ccccc3)[C@H]2O[C@@H]2O[C@@H](C)[C@@H](OCc3ccccc3)[C@@H](OCc3ccccc3)[C@@H]2OCc2ccccc2)[C@H]1N1C(=O)c2ccccc2C1=O. The van der Waals surface area contributed by atoms with Crippen LogP contribution in [0.4, 0.5) is 0 Å². The van der Waals surface area contributed by atoms with Crippen LogP contribution in [0.3, 0.4) is 0 Å². The summed E-state index contributed by atoms with van der Waals surface area (Å²) in [7, 11) is 0. The van der Waals surface area contributed by atoms with Gasteiger partial charge in [0.2, 0.25) is 0 Å².